The fourth-order valence-electron chi connectivity index (χ4n) is 2.69. The molecule has 27 heavy (non-hydrogen) atoms. The number of fused-ring (bicyclic) bond motifs is 1. The Morgan fingerprint density at radius 3 is 2.63 bits per heavy atom. The summed E-state index contributed by atoms with van der Waals surface area (Å²) in [6, 6.07) is 21.2. The van der Waals surface area contributed by atoms with E-state index in [0.717, 1.165) is 16.3 Å². The van der Waals surface area contributed by atoms with Crippen molar-refractivity contribution in [2.75, 3.05) is 6.61 Å². The van der Waals surface area contributed by atoms with Crippen molar-refractivity contribution in [2.24, 2.45) is 0 Å². The number of carboxylic acids is 1. The van der Waals surface area contributed by atoms with Gasteiger partial charge in [0.2, 0.25) is 0 Å². The van der Waals surface area contributed by atoms with Gasteiger partial charge < -0.3 is 9.84 Å². The topological polar surface area (TPSA) is 67.8 Å². The molecule has 0 heterocycles. The van der Waals surface area contributed by atoms with Gasteiger partial charge in [0.05, 0.1) is 13.0 Å². The predicted molar refractivity (Wildman–Crippen MR) is 105 cm³/mol. The van der Waals surface area contributed by atoms with Crippen LogP contribution >= 0.6 is 0 Å². The summed E-state index contributed by atoms with van der Waals surface area (Å²) in [5.41, 5.74) is 5.18. The molecule has 0 spiro atoms. The van der Waals surface area contributed by atoms with Crippen LogP contribution < -0.4 is 10.2 Å². The lowest BCUT2D eigenvalue weighted by atomic mass is 10.1. The number of hydrogen-bond acceptors (Lipinski definition) is 4. The van der Waals surface area contributed by atoms with Crippen LogP contribution in [-0.4, -0.2) is 17.7 Å². The summed E-state index contributed by atoms with van der Waals surface area (Å²) in [5, 5.41) is 11.2. The highest BCUT2D eigenvalue weighted by Crippen LogP contribution is 2.21. The lowest BCUT2D eigenvalue weighted by Gasteiger charge is -2.12. The smallest absolute Gasteiger partial charge is 0.307 e. The van der Waals surface area contributed by atoms with Crippen molar-refractivity contribution in [3.05, 3.63) is 84.1 Å². The van der Waals surface area contributed by atoms with Gasteiger partial charge in [-0.1, -0.05) is 48.5 Å². The second-order valence-corrected chi connectivity index (χ2v) is 5.96. The van der Waals surface area contributed by atoms with Crippen molar-refractivity contribution in [1.29, 1.82) is 0 Å². The van der Waals surface area contributed by atoms with Gasteiger partial charge in [-0.2, -0.15) is 0 Å². The third-order valence-electron chi connectivity index (χ3n) is 3.95. The van der Waals surface area contributed by atoms with E-state index in [9.17, 15) is 4.79 Å². The zero-order chi connectivity index (χ0) is 19.1. The molecule has 0 amide bonds. The van der Waals surface area contributed by atoms with Crippen LogP contribution in [-0.2, 0) is 16.1 Å². The summed E-state index contributed by atoms with van der Waals surface area (Å²) in [6.45, 7) is 2.39. The van der Waals surface area contributed by atoms with Gasteiger partial charge in [-0.05, 0) is 41.5 Å². The Morgan fingerprint density at radius 2 is 1.85 bits per heavy atom. The van der Waals surface area contributed by atoms with E-state index in [1.54, 1.807) is 30.5 Å². The average molecular weight is 363 g/mol. The second-order valence-electron chi connectivity index (χ2n) is 5.96. The van der Waals surface area contributed by atoms with Gasteiger partial charge >= 0.3 is 5.97 Å². The quantitative estimate of drug-likeness (QED) is 0.459. The molecule has 0 atom stereocenters. The molecule has 0 aliphatic carbocycles. The van der Waals surface area contributed by atoms with Crippen LogP contribution in [0, 0.1) is 0 Å². The lowest BCUT2D eigenvalue weighted by molar-refractivity contribution is -0.136. The van der Waals surface area contributed by atoms with Gasteiger partial charge in [0.25, 0.3) is 0 Å². The van der Waals surface area contributed by atoms with E-state index in [-0.39, 0.29) is 6.42 Å². The Hall–Kier alpha value is -3.31. The molecular weight excluding hydrogens is 342 g/mol. The Labute approximate surface area is 157 Å². The molecule has 3 aromatic rings. The minimum Gasteiger partial charge on any atom is -0.481 e. The first-order valence-electron chi connectivity index (χ1n) is 8.70. The molecule has 0 bridgehead atoms. The van der Waals surface area contributed by atoms with Crippen LogP contribution in [0.3, 0.4) is 0 Å². The SMILES string of the molecule is CCONC(=COc1cccc(CC(=O)O)c1)c1ccc2ccccc2c1. The molecule has 5 heteroatoms. The number of rotatable bonds is 8. The van der Waals surface area contributed by atoms with Gasteiger partial charge in [0.15, 0.2) is 0 Å². The van der Waals surface area contributed by atoms with Crippen molar-refractivity contribution < 1.29 is 19.5 Å². The number of carbonyl (C=O) groups is 1. The molecule has 0 saturated carbocycles. The predicted octanol–water partition coefficient (Wildman–Crippen LogP) is 4.39. The molecular formula is C22H21NO4. The monoisotopic (exact) mass is 363 g/mol. The number of aliphatic carboxylic acids is 1. The zero-order valence-electron chi connectivity index (χ0n) is 15.0. The molecule has 2 N–H and O–H groups in total. The number of nitrogens with one attached hydrogen (secondary N) is 1. The van der Waals surface area contributed by atoms with Crippen LogP contribution in [0.4, 0.5) is 0 Å². The van der Waals surface area contributed by atoms with Gasteiger partial charge in [-0.3, -0.25) is 15.1 Å². The summed E-state index contributed by atoms with van der Waals surface area (Å²) in [5.74, 6) is -0.317. The van der Waals surface area contributed by atoms with Gasteiger partial charge in [-0.15, -0.1) is 0 Å². The van der Waals surface area contributed by atoms with E-state index in [0.29, 0.717) is 23.6 Å². The van der Waals surface area contributed by atoms with E-state index < -0.39 is 5.97 Å². The van der Waals surface area contributed by atoms with E-state index in [1.807, 2.05) is 37.3 Å². The molecule has 0 aliphatic rings. The first kappa shape index (κ1) is 18.5. The van der Waals surface area contributed by atoms with E-state index in [2.05, 4.69) is 17.6 Å². The maximum atomic E-state index is 10.9. The Morgan fingerprint density at radius 1 is 1.04 bits per heavy atom. The molecule has 0 radical (unpaired) electrons. The zero-order valence-corrected chi connectivity index (χ0v) is 15.0. The summed E-state index contributed by atoms with van der Waals surface area (Å²) in [4.78, 5) is 16.2. The number of carboxylic acid groups (broad SMARTS) is 1. The van der Waals surface area contributed by atoms with Crippen LogP contribution in [0.2, 0.25) is 0 Å². The van der Waals surface area contributed by atoms with Crippen molar-refractivity contribution in [3.63, 3.8) is 0 Å². The van der Waals surface area contributed by atoms with Crippen LogP contribution in [0.1, 0.15) is 18.1 Å². The molecule has 0 aromatic heterocycles. The first-order chi connectivity index (χ1) is 13.2. The number of ether oxygens (including phenoxy) is 1. The van der Waals surface area contributed by atoms with Crippen molar-refractivity contribution in [1.82, 2.24) is 5.48 Å². The second kappa shape index (κ2) is 8.87. The van der Waals surface area contributed by atoms with E-state index >= 15 is 0 Å². The molecule has 138 valence electrons. The van der Waals surface area contributed by atoms with Crippen LogP contribution in [0.25, 0.3) is 16.5 Å². The molecule has 0 aliphatic heterocycles. The molecule has 0 saturated heterocycles. The van der Waals surface area contributed by atoms with Crippen molar-refractivity contribution in [2.45, 2.75) is 13.3 Å². The average Bonchev–Trinajstić information content (AvgIpc) is 2.67. The van der Waals surface area contributed by atoms with Gasteiger partial charge in [0, 0.05) is 5.56 Å². The van der Waals surface area contributed by atoms with Crippen LogP contribution in [0.5, 0.6) is 5.75 Å². The fraction of sp³-hybridized carbons (Fsp3) is 0.136. The normalized spacial score (nSPS) is 11.4. The van der Waals surface area contributed by atoms with Crippen molar-refractivity contribution in [3.8, 4) is 5.75 Å². The van der Waals surface area contributed by atoms with E-state index in [1.165, 1.54) is 0 Å². The molecule has 0 unspecified atom stereocenters. The summed E-state index contributed by atoms with van der Waals surface area (Å²) < 4.78 is 5.76. The van der Waals surface area contributed by atoms with Crippen LogP contribution in [0.15, 0.2) is 73.0 Å². The Kier molecular flexibility index (Phi) is 6.07. The molecule has 0 fully saturated rings. The standard InChI is InChI=1S/C22H21NO4/c1-2-27-23-21(19-11-10-17-7-3-4-8-18(17)14-19)15-26-20-9-5-6-16(12-20)13-22(24)25/h3-12,14-15,23H,2,13H2,1H3,(H,24,25). The lowest BCUT2D eigenvalue weighted by Crippen LogP contribution is -2.13. The highest BCUT2D eigenvalue weighted by Gasteiger charge is 2.06. The Balaban J connectivity index is 1.86. The number of hydrogen-bond donors (Lipinski definition) is 2. The highest BCUT2D eigenvalue weighted by atomic mass is 16.6. The molecule has 3 aromatic carbocycles. The third kappa shape index (κ3) is 5.09. The summed E-state index contributed by atoms with van der Waals surface area (Å²) in [7, 11) is 0. The minimum absolute atomic E-state index is 0.0460. The Bertz CT molecular complexity index is 965. The number of hydroxylamine groups is 1. The fourth-order valence-corrected chi connectivity index (χ4v) is 2.69. The highest BCUT2D eigenvalue weighted by molar-refractivity contribution is 5.85. The first-order valence-corrected chi connectivity index (χ1v) is 8.70. The third-order valence-corrected chi connectivity index (χ3v) is 3.95. The molecule has 3 rings (SSSR count). The van der Waals surface area contributed by atoms with Gasteiger partial charge in [0.1, 0.15) is 17.7 Å². The molecule has 5 nitrogen and oxygen atoms in total. The van der Waals surface area contributed by atoms with E-state index in [4.69, 9.17) is 14.7 Å². The number of benzene rings is 3. The maximum absolute atomic E-state index is 10.9. The minimum atomic E-state index is -0.877. The summed E-state index contributed by atoms with van der Waals surface area (Å²) in [6.07, 6.45) is 1.52. The maximum Gasteiger partial charge on any atom is 0.307 e. The summed E-state index contributed by atoms with van der Waals surface area (Å²) >= 11 is 0. The van der Waals surface area contributed by atoms with Gasteiger partial charge in [-0.25, -0.2) is 0 Å². The largest absolute Gasteiger partial charge is 0.481 e. The van der Waals surface area contributed by atoms with Crippen molar-refractivity contribution >= 4 is 22.4 Å².